The summed E-state index contributed by atoms with van der Waals surface area (Å²) < 4.78 is 0. The van der Waals surface area contributed by atoms with Crippen molar-refractivity contribution < 1.29 is 0 Å². The third-order valence-electron chi connectivity index (χ3n) is 2.71. The number of imidazole rings is 2. The highest BCUT2D eigenvalue weighted by Gasteiger charge is 2.11. The monoisotopic (exact) mass is 219 g/mol. The van der Waals surface area contributed by atoms with Crippen LogP contribution in [0.4, 0.5) is 0 Å². The van der Waals surface area contributed by atoms with Gasteiger partial charge in [0.2, 0.25) is 0 Å². The quantitative estimate of drug-likeness (QED) is 0.716. The van der Waals surface area contributed by atoms with E-state index in [1.54, 1.807) is 12.5 Å². The van der Waals surface area contributed by atoms with Gasteiger partial charge in [0.25, 0.3) is 0 Å². The van der Waals surface area contributed by atoms with Gasteiger partial charge in [-0.2, -0.15) is 0 Å². The van der Waals surface area contributed by atoms with Crippen LogP contribution in [0.3, 0.4) is 0 Å². The van der Waals surface area contributed by atoms with Crippen LogP contribution in [0.1, 0.15) is 36.6 Å². The molecule has 2 aromatic heterocycles. The molecule has 2 aromatic rings. The zero-order chi connectivity index (χ0) is 11.4. The van der Waals surface area contributed by atoms with Crippen molar-refractivity contribution in [1.29, 1.82) is 0 Å². The van der Waals surface area contributed by atoms with E-state index in [1.807, 2.05) is 13.1 Å². The van der Waals surface area contributed by atoms with Gasteiger partial charge in [0.1, 0.15) is 5.82 Å². The van der Waals surface area contributed by atoms with E-state index in [2.05, 4.69) is 32.2 Å². The fraction of sp³-hybridized carbons (Fsp3) is 0.455. The minimum absolute atomic E-state index is 0.256. The van der Waals surface area contributed by atoms with Gasteiger partial charge in [0.15, 0.2) is 0 Å². The number of aromatic nitrogens is 4. The SMILES string of the molecule is CCC(NCc1nc[nH]c1C)c1ncc[nH]1. The van der Waals surface area contributed by atoms with Gasteiger partial charge in [-0.15, -0.1) is 0 Å². The Morgan fingerprint density at radius 1 is 1.38 bits per heavy atom. The molecular weight excluding hydrogens is 202 g/mol. The maximum Gasteiger partial charge on any atom is 0.123 e. The number of nitrogens with one attached hydrogen (secondary N) is 3. The molecule has 86 valence electrons. The van der Waals surface area contributed by atoms with Crippen molar-refractivity contribution in [2.75, 3.05) is 0 Å². The smallest absolute Gasteiger partial charge is 0.123 e. The van der Waals surface area contributed by atoms with Crippen LogP contribution in [0.25, 0.3) is 0 Å². The van der Waals surface area contributed by atoms with Crippen LogP contribution in [0.15, 0.2) is 18.7 Å². The lowest BCUT2D eigenvalue weighted by molar-refractivity contribution is 0.493. The van der Waals surface area contributed by atoms with Gasteiger partial charge in [-0.05, 0) is 13.3 Å². The lowest BCUT2D eigenvalue weighted by Crippen LogP contribution is -2.21. The first kappa shape index (κ1) is 10.9. The van der Waals surface area contributed by atoms with E-state index in [1.165, 1.54) is 0 Å². The molecule has 0 aromatic carbocycles. The fourth-order valence-electron chi connectivity index (χ4n) is 1.69. The average Bonchev–Trinajstić information content (AvgIpc) is 2.92. The fourth-order valence-corrected chi connectivity index (χ4v) is 1.69. The number of H-pyrrole nitrogens is 2. The largest absolute Gasteiger partial charge is 0.348 e. The Hall–Kier alpha value is -1.62. The standard InChI is InChI=1S/C11H17N5/c1-3-9(11-12-4-5-13-11)14-6-10-8(2)15-7-16-10/h4-5,7,9,14H,3,6H2,1-2H3,(H,12,13)(H,15,16). The molecule has 0 aliphatic heterocycles. The van der Waals surface area contributed by atoms with Crippen molar-refractivity contribution in [2.45, 2.75) is 32.9 Å². The highest BCUT2D eigenvalue weighted by molar-refractivity contribution is 5.08. The molecule has 0 aliphatic carbocycles. The molecule has 5 nitrogen and oxygen atoms in total. The van der Waals surface area contributed by atoms with Crippen LogP contribution in [-0.2, 0) is 6.54 Å². The molecule has 0 aliphatic rings. The molecule has 1 atom stereocenters. The molecule has 5 heteroatoms. The highest BCUT2D eigenvalue weighted by Crippen LogP contribution is 2.12. The van der Waals surface area contributed by atoms with Crippen LogP contribution >= 0.6 is 0 Å². The van der Waals surface area contributed by atoms with Crippen molar-refractivity contribution in [2.24, 2.45) is 0 Å². The maximum atomic E-state index is 4.26. The molecule has 0 radical (unpaired) electrons. The van der Waals surface area contributed by atoms with E-state index in [-0.39, 0.29) is 6.04 Å². The lowest BCUT2D eigenvalue weighted by atomic mass is 10.2. The Morgan fingerprint density at radius 2 is 2.25 bits per heavy atom. The molecule has 0 saturated carbocycles. The summed E-state index contributed by atoms with van der Waals surface area (Å²) in [6.45, 7) is 4.92. The van der Waals surface area contributed by atoms with Gasteiger partial charge in [-0.1, -0.05) is 6.92 Å². The van der Waals surface area contributed by atoms with Crippen molar-refractivity contribution in [3.63, 3.8) is 0 Å². The number of nitrogens with zero attached hydrogens (tertiary/aromatic N) is 2. The number of aryl methyl sites for hydroxylation is 1. The Labute approximate surface area is 94.7 Å². The third-order valence-corrected chi connectivity index (χ3v) is 2.71. The minimum atomic E-state index is 0.256. The topological polar surface area (TPSA) is 69.4 Å². The molecule has 1 unspecified atom stereocenters. The van der Waals surface area contributed by atoms with E-state index in [9.17, 15) is 0 Å². The van der Waals surface area contributed by atoms with Crippen LogP contribution < -0.4 is 5.32 Å². The number of hydrogen-bond acceptors (Lipinski definition) is 3. The first-order valence-corrected chi connectivity index (χ1v) is 5.52. The summed E-state index contributed by atoms with van der Waals surface area (Å²) in [5.74, 6) is 0.982. The average molecular weight is 219 g/mol. The van der Waals surface area contributed by atoms with E-state index >= 15 is 0 Å². The van der Waals surface area contributed by atoms with Gasteiger partial charge >= 0.3 is 0 Å². The van der Waals surface area contributed by atoms with Crippen LogP contribution in [0, 0.1) is 6.92 Å². The maximum absolute atomic E-state index is 4.26. The van der Waals surface area contributed by atoms with E-state index in [4.69, 9.17) is 0 Å². The van der Waals surface area contributed by atoms with E-state index in [0.29, 0.717) is 0 Å². The van der Waals surface area contributed by atoms with Gasteiger partial charge in [-0.25, -0.2) is 9.97 Å². The Balaban J connectivity index is 1.96. The van der Waals surface area contributed by atoms with Crippen LogP contribution in [0.2, 0.25) is 0 Å². The van der Waals surface area contributed by atoms with Crippen molar-refractivity contribution >= 4 is 0 Å². The molecule has 2 rings (SSSR count). The molecule has 0 saturated heterocycles. The zero-order valence-corrected chi connectivity index (χ0v) is 9.62. The summed E-state index contributed by atoms with van der Waals surface area (Å²) >= 11 is 0. The normalized spacial score (nSPS) is 12.9. The summed E-state index contributed by atoms with van der Waals surface area (Å²) in [5.41, 5.74) is 2.17. The van der Waals surface area contributed by atoms with Gasteiger partial charge < -0.3 is 15.3 Å². The Morgan fingerprint density at radius 3 is 2.81 bits per heavy atom. The second-order valence-electron chi connectivity index (χ2n) is 3.79. The molecule has 0 fully saturated rings. The highest BCUT2D eigenvalue weighted by atomic mass is 15.0. The molecule has 0 bridgehead atoms. The predicted molar refractivity (Wildman–Crippen MR) is 61.8 cm³/mol. The molecule has 16 heavy (non-hydrogen) atoms. The van der Waals surface area contributed by atoms with Crippen molar-refractivity contribution in [3.8, 4) is 0 Å². The van der Waals surface area contributed by atoms with Gasteiger partial charge in [-0.3, -0.25) is 0 Å². The Bertz CT molecular complexity index is 417. The van der Waals surface area contributed by atoms with Gasteiger partial charge in [0.05, 0.1) is 18.1 Å². The van der Waals surface area contributed by atoms with Crippen molar-refractivity contribution in [3.05, 3.63) is 35.9 Å². The molecule has 0 spiro atoms. The molecule has 3 N–H and O–H groups in total. The number of hydrogen-bond donors (Lipinski definition) is 3. The second kappa shape index (κ2) is 4.94. The van der Waals surface area contributed by atoms with Gasteiger partial charge in [0, 0.05) is 24.6 Å². The second-order valence-corrected chi connectivity index (χ2v) is 3.79. The Kier molecular flexibility index (Phi) is 3.36. The summed E-state index contributed by atoms with van der Waals surface area (Å²) in [6.07, 6.45) is 6.34. The third kappa shape index (κ3) is 2.30. The first-order valence-electron chi connectivity index (χ1n) is 5.52. The van der Waals surface area contributed by atoms with E-state index < -0.39 is 0 Å². The number of rotatable bonds is 5. The minimum Gasteiger partial charge on any atom is -0.348 e. The summed E-state index contributed by atoms with van der Waals surface area (Å²) in [7, 11) is 0. The molecular formula is C11H17N5. The summed E-state index contributed by atoms with van der Waals surface area (Å²) in [5, 5.41) is 3.44. The molecule has 2 heterocycles. The number of aromatic amines is 2. The van der Waals surface area contributed by atoms with Crippen LogP contribution in [-0.4, -0.2) is 19.9 Å². The predicted octanol–water partition coefficient (Wildman–Crippen LogP) is 1.68. The lowest BCUT2D eigenvalue weighted by Gasteiger charge is -2.13. The molecule has 0 amide bonds. The van der Waals surface area contributed by atoms with Crippen LogP contribution in [0.5, 0.6) is 0 Å². The zero-order valence-electron chi connectivity index (χ0n) is 9.62. The first-order chi connectivity index (χ1) is 7.81. The van der Waals surface area contributed by atoms with E-state index in [0.717, 1.165) is 30.2 Å². The van der Waals surface area contributed by atoms with Crippen molar-refractivity contribution in [1.82, 2.24) is 25.3 Å². The summed E-state index contributed by atoms with van der Waals surface area (Å²) in [4.78, 5) is 14.7. The summed E-state index contributed by atoms with van der Waals surface area (Å²) in [6, 6.07) is 0.256.